The van der Waals surface area contributed by atoms with Crippen LogP contribution in [-0.4, -0.2) is 45.9 Å². The van der Waals surface area contributed by atoms with Gasteiger partial charge in [0.15, 0.2) is 5.82 Å². The molecule has 11 heteroatoms. The van der Waals surface area contributed by atoms with Crippen molar-refractivity contribution in [2.45, 2.75) is 45.0 Å². The average molecular weight is 473 g/mol. The van der Waals surface area contributed by atoms with Crippen LogP contribution in [0.15, 0.2) is 48.8 Å². The monoisotopic (exact) mass is 473 g/mol. The molecule has 0 radical (unpaired) electrons. The Bertz CT molecular complexity index is 1060. The predicted octanol–water partition coefficient (Wildman–Crippen LogP) is 3.40. The summed E-state index contributed by atoms with van der Waals surface area (Å²) < 4.78 is 25.1. The summed E-state index contributed by atoms with van der Waals surface area (Å²) in [5.74, 6) is 0.715. The lowest BCUT2D eigenvalue weighted by molar-refractivity contribution is -0.145. The average Bonchev–Trinajstić information content (AvgIpc) is 3.43. The Morgan fingerprint density at radius 1 is 1.27 bits per heavy atom. The van der Waals surface area contributed by atoms with Crippen LogP contribution in [0.25, 0.3) is 5.52 Å². The van der Waals surface area contributed by atoms with Crippen LogP contribution in [0.4, 0.5) is 5.82 Å². The second-order valence-electron chi connectivity index (χ2n) is 7.86. The minimum absolute atomic E-state index is 0.0118. The van der Waals surface area contributed by atoms with Gasteiger partial charge in [-0.1, -0.05) is 18.2 Å². The standard InChI is InChI=1S/C22H28N5O5P/c1-15(2)30-21(28)12-26-33(32-16-6-4-3-5-7-16)29-13-17-8-11-20(31-17)18-9-10-19-22(23)24-14-25-27(18)19/h3-7,9-10,14-15,17,20,26H,8,11-13H2,1-2H3,(H2,23,24,25)/t17?,20-,33?/m1/s1. The van der Waals surface area contributed by atoms with Crippen molar-refractivity contribution >= 4 is 25.8 Å². The maximum atomic E-state index is 11.9. The van der Waals surface area contributed by atoms with E-state index in [0.29, 0.717) is 18.2 Å². The number of para-hydroxylation sites is 1. The Kier molecular flexibility index (Phi) is 7.72. The molecule has 1 aliphatic rings. The number of carbonyl (C=O) groups excluding carboxylic acids is 1. The number of esters is 1. The molecule has 0 aliphatic carbocycles. The molecule has 3 N–H and O–H groups in total. The number of nitrogens with two attached hydrogens (primary N) is 1. The number of ether oxygens (including phenoxy) is 2. The normalized spacial score (nSPS) is 19.1. The highest BCUT2D eigenvalue weighted by atomic mass is 31.2. The lowest BCUT2D eigenvalue weighted by Gasteiger charge is -2.21. The van der Waals surface area contributed by atoms with Gasteiger partial charge in [-0.15, -0.1) is 0 Å². The van der Waals surface area contributed by atoms with Gasteiger partial charge in [0, 0.05) is 0 Å². The summed E-state index contributed by atoms with van der Waals surface area (Å²) in [6, 6.07) is 13.2. The number of hydrogen-bond donors (Lipinski definition) is 2. The van der Waals surface area contributed by atoms with E-state index < -0.39 is 8.53 Å². The van der Waals surface area contributed by atoms with Crippen molar-refractivity contribution in [1.29, 1.82) is 0 Å². The number of nitrogens with zero attached hydrogens (tertiary/aromatic N) is 3. The predicted molar refractivity (Wildman–Crippen MR) is 123 cm³/mol. The molecule has 1 fully saturated rings. The molecule has 1 saturated heterocycles. The molecule has 3 aromatic rings. The first-order valence-electron chi connectivity index (χ1n) is 10.8. The molecule has 33 heavy (non-hydrogen) atoms. The minimum atomic E-state index is -1.58. The summed E-state index contributed by atoms with van der Waals surface area (Å²) in [7, 11) is -1.58. The number of nitrogens with one attached hydrogen (secondary N) is 1. The van der Waals surface area contributed by atoms with Crippen molar-refractivity contribution in [3.8, 4) is 5.75 Å². The van der Waals surface area contributed by atoms with Gasteiger partial charge in [0.1, 0.15) is 30.2 Å². The molecule has 0 saturated carbocycles. The molecule has 0 spiro atoms. The van der Waals surface area contributed by atoms with Gasteiger partial charge in [0.05, 0.1) is 24.5 Å². The van der Waals surface area contributed by atoms with Crippen molar-refractivity contribution in [1.82, 2.24) is 19.7 Å². The lowest BCUT2D eigenvalue weighted by atomic mass is 10.1. The maximum absolute atomic E-state index is 11.9. The molecule has 4 rings (SSSR count). The van der Waals surface area contributed by atoms with Crippen LogP contribution in [-0.2, 0) is 18.8 Å². The second kappa shape index (κ2) is 10.9. The number of fused-ring (bicyclic) bond motifs is 1. The van der Waals surface area contributed by atoms with E-state index in [2.05, 4.69) is 15.2 Å². The van der Waals surface area contributed by atoms with Gasteiger partial charge in [-0.05, 0) is 51.0 Å². The third kappa shape index (κ3) is 6.17. The van der Waals surface area contributed by atoms with Crippen molar-refractivity contribution in [3.05, 3.63) is 54.5 Å². The fraction of sp³-hybridized carbons (Fsp3) is 0.409. The van der Waals surface area contributed by atoms with E-state index in [9.17, 15) is 4.79 Å². The molecule has 1 aromatic carbocycles. The van der Waals surface area contributed by atoms with Gasteiger partial charge in [0.25, 0.3) is 0 Å². The molecule has 10 nitrogen and oxygen atoms in total. The van der Waals surface area contributed by atoms with Crippen LogP contribution in [0.1, 0.15) is 38.5 Å². The van der Waals surface area contributed by atoms with Gasteiger partial charge < -0.3 is 24.3 Å². The maximum Gasteiger partial charge on any atom is 0.320 e. The number of benzene rings is 1. The molecule has 0 amide bonds. The van der Waals surface area contributed by atoms with Crippen molar-refractivity contribution in [2.75, 3.05) is 18.9 Å². The number of aromatic nitrogens is 3. The Hall–Kier alpha value is -2.78. The van der Waals surface area contributed by atoms with Gasteiger partial charge in [-0.2, -0.15) is 5.10 Å². The first-order valence-corrected chi connectivity index (χ1v) is 12.0. The Labute approximate surface area is 193 Å². The van der Waals surface area contributed by atoms with Gasteiger partial charge in [-0.25, -0.2) is 14.6 Å². The van der Waals surface area contributed by atoms with E-state index in [1.807, 2.05) is 42.5 Å². The summed E-state index contributed by atoms with van der Waals surface area (Å²) in [6.07, 6.45) is 2.67. The number of nitrogen functional groups attached to an aromatic ring is 1. The summed E-state index contributed by atoms with van der Waals surface area (Å²) >= 11 is 0. The first-order chi connectivity index (χ1) is 16.0. The van der Waals surface area contributed by atoms with Crippen LogP contribution < -0.4 is 15.3 Å². The van der Waals surface area contributed by atoms with Crippen molar-refractivity contribution in [2.24, 2.45) is 0 Å². The van der Waals surface area contributed by atoms with Gasteiger partial charge in [0.2, 0.25) is 0 Å². The second-order valence-corrected chi connectivity index (χ2v) is 9.13. The Balaban J connectivity index is 1.34. The minimum Gasteiger partial charge on any atom is -0.462 e. The summed E-state index contributed by atoms with van der Waals surface area (Å²) in [5.41, 5.74) is 7.62. The quantitative estimate of drug-likeness (QED) is 0.337. The number of anilines is 1. The fourth-order valence-corrected chi connectivity index (χ4v) is 4.61. The van der Waals surface area contributed by atoms with Crippen LogP contribution >= 0.6 is 8.53 Å². The molecule has 0 bridgehead atoms. The fourth-order valence-electron chi connectivity index (χ4n) is 3.53. The van der Waals surface area contributed by atoms with Crippen LogP contribution in [0, 0.1) is 0 Å². The number of hydrogen-bond acceptors (Lipinski definition) is 9. The zero-order valence-electron chi connectivity index (χ0n) is 18.6. The van der Waals surface area contributed by atoms with E-state index in [4.69, 9.17) is 24.3 Å². The highest BCUT2D eigenvalue weighted by molar-refractivity contribution is 7.45. The Morgan fingerprint density at radius 2 is 2.09 bits per heavy atom. The number of carbonyl (C=O) groups is 1. The topological polar surface area (TPSA) is 122 Å². The van der Waals surface area contributed by atoms with E-state index in [-0.39, 0.29) is 30.8 Å². The zero-order valence-corrected chi connectivity index (χ0v) is 19.5. The Morgan fingerprint density at radius 3 is 2.88 bits per heavy atom. The van der Waals surface area contributed by atoms with E-state index >= 15 is 0 Å². The van der Waals surface area contributed by atoms with Crippen molar-refractivity contribution in [3.63, 3.8) is 0 Å². The molecule has 2 aromatic heterocycles. The SMILES string of the molecule is CC(C)OC(=O)CNP(OCC1CC[C@H](c2ccc3c(N)ncnn23)O1)Oc1ccccc1. The highest BCUT2D eigenvalue weighted by Gasteiger charge is 2.30. The van der Waals surface area contributed by atoms with Crippen LogP contribution in [0.2, 0.25) is 0 Å². The molecule has 3 atom stereocenters. The highest BCUT2D eigenvalue weighted by Crippen LogP contribution is 2.38. The lowest BCUT2D eigenvalue weighted by Crippen LogP contribution is -2.26. The van der Waals surface area contributed by atoms with Crippen LogP contribution in [0.3, 0.4) is 0 Å². The van der Waals surface area contributed by atoms with Crippen LogP contribution in [0.5, 0.6) is 5.75 Å². The van der Waals surface area contributed by atoms with Gasteiger partial charge in [-0.3, -0.25) is 4.79 Å². The summed E-state index contributed by atoms with van der Waals surface area (Å²) in [6.45, 7) is 3.92. The molecular formula is C22H28N5O5P. The smallest absolute Gasteiger partial charge is 0.320 e. The first kappa shape index (κ1) is 23.4. The summed E-state index contributed by atoms with van der Waals surface area (Å²) in [4.78, 5) is 16.0. The molecule has 2 unspecified atom stereocenters. The van der Waals surface area contributed by atoms with E-state index in [1.54, 1.807) is 18.4 Å². The molecule has 176 valence electrons. The van der Waals surface area contributed by atoms with E-state index in [1.165, 1.54) is 6.33 Å². The van der Waals surface area contributed by atoms with Gasteiger partial charge >= 0.3 is 14.5 Å². The third-order valence-corrected chi connectivity index (χ3v) is 6.15. The van der Waals surface area contributed by atoms with E-state index in [0.717, 1.165) is 24.1 Å². The number of rotatable bonds is 10. The third-order valence-electron chi connectivity index (χ3n) is 4.98. The largest absolute Gasteiger partial charge is 0.462 e. The zero-order chi connectivity index (χ0) is 23.2. The molecule has 3 heterocycles. The molecule has 1 aliphatic heterocycles. The summed E-state index contributed by atoms with van der Waals surface area (Å²) in [5, 5.41) is 7.32. The molecular weight excluding hydrogens is 445 g/mol. The van der Waals surface area contributed by atoms with Crippen molar-refractivity contribution < 1.29 is 23.3 Å².